The summed E-state index contributed by atoms with van der Waals surface area (Å²) in [6, 6.07) is 13.5. The topological polar surface area (TPSA) is 62.6 Å². The van der Waals surface area contributed by atoms with Crippen LogP contribution >= 0.6 is 0 Å². The summed E-state index contributed by atoms with van der Waals surface area (Å²) in [6.45, 7) is 12.9. The monoisotopic (exact) mass is 435 g/mol. The number of benzene rings is 2. The third-order valence-corrected chi connectivity index (χ3v) is 6.17. The molecule has 170 valence electrons. The minimum absolute atomic E-state index is 0.195. The van der Waals surface area contributed by atoms with Gasteiger partial charge < -0.3 is 19.5 Å². The molecule has 0 radical (unpaired) electrons. The van der Waals surface area contributed by atoms with Gasteiger partial charge in [-0.3, -0.25) is 9.69 Å². The van der Waals surface area contributed by atoms with Crippen molar-refractivity contribution in [2.24, 2.45) is 0 Å². The number of methoxy groups -OCH3 is 1. The molecule has 2 aromatic carbocycles. The van der Waals surface area contributed by atoms with E-state index in [9.17, 15) is 4.79 Å². The Hall–Kier alpha value is -2.90. The molecule has 0 bridgehead atoms. The number of nitrogens with zero attached hydrogens (tertiary/aromatic N) is 4. The minimum atomic E-state index is -0.195. The van der Waals surface area contributed by atoms with Crippen LogP contribution in [0.4, 0.5) is 5.69 Å². The molecule has 1 fully saturated rings. The average Bonchev–Trinajstić information content (AvgIpc) is 3.16. The van der Waals surface area contributed by atoms with Gasteiger partial charge in [0.2, 0.25) is 0 Å². The van der Waals surface area contributed by atoms with Crippen LogP contribution in [-0.2, 0) is 6.54 Å². The summed E-state index contributed by atoms with van der Waals surface area (Å²) in [6.07, 6.45) is 0. The second-order valence-corrected chi connectivity index (χ2v) is 8.56. The van der Waals surface area contributed by atoms with Gasteiger partial charge in [-0.1, -0.05) is 19.1 Å². The first kappa shape index (κ1) is 22.3. The van der Waals surface area contributed by atoms with Crippen LogP contribution in [0.25, 0.3) is 11.0 Å². The molecule has 4 rings (SSSR count). The van der Waals surface area contributed by atoms with E-state index in [1.807, 2.05) is 24.3 Å². The summed E-state index contributed by atoms with van der Waals surface area (Å²) in [5, 5.41) is 2.99. The number of likely N-dealkylation sites (N-methyl/N-ethyl adjacent to an activating group) is 1. The van der Waals surface area contributed by atoms with Crippen molar-refractivity contribution >= 4 is 22.6 Å². The van der Waals surface area contributed by atoms with Crippen molar-refractivity contribution in [3.8, 4) is 5.75 Å². The van der Waals surface area contributed by atoms with Crippen LogP contribution in [0.1, 0.15) is 43.0 Å². The van der Waals surface area contributed by atoms with Crippen molar-refractivity contribution in [1.82, 2.24) is 19.4 Å². The maximum absolute atomic E-state index is 12.8. The Morgan fingerprint density at radius 2 is 1.81 bits per heavy atom. The summed E-state index contributed by atoms with van der Waals surface area (Å²) in [7, 11) is 1.57. The van der Waals surface area contributed by atoms with E-state index in [1.165, 1.54) is 0 Å². The zero-order valence-electron chi connectivity index (χ0n) is 19.5. The second-order valence-electron chi connectivity index (χ2n) is 8.56. The molecule has 1 aliphatic rings. The molecule has 0 spiro atoms. The summed E-state index contributed by atoms with van der Waals surface area (Å²) in [4.78, 5) is 22.7. The van der Waals surface area contributed by atoms with E-state index in [4.69, 9.17) is 9.72 Å². The minimum Gasteiger partial charge on any atom is -0.496 e. The first-order chi connectivity index (χ1) is 15.5. The number of carbonyl (C=O) groups excluding carboxylic acids is 1. The quantitative estimate of drug-likeness (QED) is 0.607. The van der Waals surface area contributed by atoms with E-state index in [0.29, 0.717) is 17.4 Å². The predicted molar refractivity (Wildman–Crippen MR) is 128 cm³/mol. The smallest absolute Gasteiger partial charge is 0.259 e. The molecule has 1 aromatic heterocycles. The molecule has 1 saturated heterocycles. The fraction of sp³-hybridized carbons (Fsp3) is 0.440. The highest BCUT2D eigenvalue weighted by Gasteiger charge is 2.20. The SMILES string of the molecule is CCN1CCN(Cc2nc3cc(NC(=O)c4ccccc4OC)ccc3n2C(C)C)CC1. The molecule has 0 unspecified atom stereocenters. The van der Waals surface area contributed by atoms with Gasteiger partial charge in [0.1, 0.15) is 11.6 Å². The third kappa shape index (κ3) is 4.64. The number of rotatable bonds is 7. The molecule has 1 amide bonds. The van der Waals surface area contributed by atoms with Gasteiger partial charge in [-0.2, -0.15) is 0 Å². The van der Waals surface area contributed by atoms with E-state index in [-0.39, 0.29) is 5.91 Å². The first-order valence-corrected chi connectivity index (χ1v) is 11.4. The maximum Gasteiger partial charge on any atom is 0.259 e. The van der Waals surface area contributed by atoms with Crippen LogP contribution in [0.2, 0.25) is 0 Å². The highest BCUT2D eigenvalue weighted by Crippen LogP contribution is 2.26. The van der Waals surface area contributed by atoms with E-state index < -0.39 is 0 Å². The average molecular weight is 436 g/mol. The second kappa shape index (κ2) is 9.71. The van der Waals surface area contributed by atoms with Gasteiger partial charge >= 0.3 is 0 Å². The number of aromatic nitrogens is 2. The summed E-state index contributed by atoms with van der Waals surface area (Å²) in [5.74, 6) is 1.44. The lowest BCUT2D eigenvalue weighted by Crippen LogP contribution is -2.45. The van der Waals surface area contributed by atoms with Crippen LogP contribution in [-0.4, -0.2) is 65.1 Å². The number of ether oxygens (including phenoxy) is 1. The fourth-order valence-electron chi connectivity index (χ4n) is 4.41. The van der Waals surface area contributed by atoms with Gasteiger partial charge in [0.05, 0.1) is 30.3 Å². The molecule has 1 aliphatic heterocycles. The van der Waals surface area contributed by atoms with E-state index >= 15 is 0 Å². The van der Waals surface area contributed by atoms with Gasteiger partial charge in [-0.15, -0.1) is 0 Å². The highest BCUT2D eigenvalue weighted by molar-refractivity contribution is 6.06. The lowest BCUT2D eigenvalue weighted by atomic mass is 10.2. The normalized spacial score (nSPS) is 15.4. The lowest BCUT2D eigenvalue weighted by molar-refractivity contribution is 0.102. The number of imidazole rings is 1. The molecule has 32 heavy (non-hydrogen) atoms. The number of carbonyl (C=O) groups is 1. The molecule has 3 aromatic rings. The van der Waals surface area contributed by atoms with Crippen molar-refractivity contribution in [1.29, 1.82) is 0 Å². The lowest BCUT2D eigenvalue weighted by Gasteiger charge is -2.34. The van der Waals surface area contributed by atoms with Crippen LogP contribution in [0.5, 0.6) is 5.75 Å². The van der Waals surface area contributed by atoms with Crippen molar-refractivity contribution in [2.45, 2.75) is 33.4 Å². The van der Waals surface area contributed by atoms with Crippen LogP contribution in [0.3, 0.4) is 0 Å². The van der Waals surface area contributed by atoms with Gasteiger partial charge in [0, 0.05) is 37.9 Å². The first-order valence-electron chi connectivity index (χ1n) is 11.4. The number of fused-ring (bicyclic) bond motifs is 1. The number of amides is 1. The third-order valence-electron chi connectivity index (χ3n) is 6.17. The van der Waals surface area contributed by atoms with Crippen molar-refractivity contribution in [2.75, 3.05) is 45.2 Å². The Morgan fingerprint density at radius 3 is 2.50 bits per heavy atom. The Kier molecular flexibility index (Phi) is 6.77. The van der Waals surface area contributed by atoms with Gasteiger partial charge in [0.15, 0.2) is 0 Å². The molecule has 7 nitrogen and oxygen atoms in total. The number of para-hydroxylation sites is 1. The van der Waals surface area contributed by atoms with E-state index in [1.54, 1.807) is 19.2 Å². The maximum atomic E-state index is 12.8. The van der Waals surface area contributed by atoms with Crippen molar-refractivity contribution < 1.29 is 9.53 Å². The molecular formula is C25H33N5O2. The molecular weight excluding hydrogens is 402 g/mol. The van der Waals surface area contributed by atoms with Crippen molar-refractivity contribution in [3.05, 3.63) is 53.9 Å². The number of anilines is 1. The fourth-order valence-corrected chi connectivity index (χ4v) is 4.41. The number of hydrogen-bond acceptors (Lipinski definition) is 5. The zero-order valence-corrected chi connectivity index (χ0v) is 19.5. The van der Waals surface area contributed by atoms with Gasteiger partial charge in [-0.25, -0.2) is 4.98 Å². The standard InChI is InChI=1S/C25H33N5O2/c1-5-28-12-14-29(15-13-28)17-24-27-21-16-19(10-11-22(21)30(24)18(2)3)26-25(31)20-8-6-7-9-23(20)32-4/h6-11,16,18H,5,12-15,17H2,1-4H3,(H,26,31). The van der Waals surface area contributed by atoms with Crippen LogP contribution in [0.15, 0.2) is 42.5 Å². The van der Waals surface area contributed by atoms with Gasteiger partial charge in [-0.05, 0) is 50.7 Å². The van der Waals surface area contributed by atoms with Gasteiger partial charge in [0.25, 0.3) is 5.91 Å². The Labute approximate surface area is 190 Å². The number of hydrogen-bond donors (Lipinski definition) is 1. The molecule has 0 saturated carbocycles. The van der Waals surface area contributed by atoms with Crippen LogP contribution < -0.4 is 10.1 Å². The molecule has 7 heteroatoms. The number of nitrogens with one attached hydrogen (secondary N) is 1. The molecule has 1 N–H and O–H groups in total. The highest BCUT2D eigenvalue weighted by atomic mass is 16.5. The Morgan fingerprint density at radius 1 is 1.09 bits per heavy atom. The summed E-state index contributed by atoms with van der Waals surface area (Å²) in [5.41, 5.74) is 3.23. The Bertz CT molecular complexity index is 1080. The van der Waals surface area contributed by atoms with E-state index in [0.717, 1.165) is 61.8 Å². The van der Waals surface area contributed by atoms with E-state index in [2.05, 4.69) is 46.5 Å². The zero-order chi connectivity index (χ0) is 22.7. The van der Waals surface area contributed by atoms with Crippen LogP contribution in [0, 0.1) is 0 Å². The van der Waals surface area contributed by atoms with Crippen molar-refractivity contribution in [3.63, 3.8) is 0 Å². The summed E-state index contributed by atoms with van der Waals surface area (Å²) >= 11 is 0. The largest absolute Gasteiger partial charge is 0.496 e. The summed E-state index contributed by atoms with van der Waals surface area (Å²) < 4.78 is 7.63. The predicted octanol–water partition coefficient (Wildman–Crippen LogP) is 4.02. The molecule has 2 heterocycles. The Balaban J connectivity index is 1.57. The number of piperazine rings is 1. The molecule has 0 aliphatic carbocycles. The molecule has 0 atom stereocenters.